The molecule has 1 aromatic heterocycles. The van der Waals surface area contributed by atoms with E-state index in [4.69, 9.17) is 0 Å². The standard InChI is InChI=1S/C7H5BrF3N3.C2H6/c1-2-5-12-13-6(7(9,10)11)14(5)4-3-8;1-2/h2-4H,1H2;1-2H3/b4-3+;. The third-order valence-electron chi connectivity index (χ3n) is 1.36. The predicted molar refractivity (Wildman–Crippen MR) is 60.7 cm³/mol. The van der Waals surface area contributed by atoms with Crippen LogP contribution in [0.3, 0.4) is 0 Å². The summed E-state index contributed by atoms with van der Waals surface area (Å²) in [6, 6.07) is 0. The van der Waals surface area contributed by atoms with Crippen LogP contribution < -0.4 is 0 Å². The Kier molecular flexibility index (Phi) is 6.02. The molecule has 0 radical (unpaired) electrons. The molecule has 0 unspecified atom stereocenters. The number of aromatic nitrogens is 3. The van der Waals surface area contributed by atoms with Gasteiger partial charge in [0.15, 0.2) is 5.82 Å². The Morgan fingerprint density at radius 3 is 2.25 bits per heavy atom. The Balaban J connectivity index is 0.00000106. The monoisotopic (exact) mass is 297 g/mol. The van der Waals surface area contributed by atoms with Gasteiger partial charge in [-0.2, -0.15) is 13.2 Å². The first kappa shape index (κ1) is 14.9. The maximum absolute atomic E-state index is 12.3. The van der Waals surface area contributed by atoms with Crippen molar-refractivity contribution < 1.29 is 13.2 Å². The molecule has 1 heterocycles. The van der Waals surface area contributed by atoms with Gasteiger partial charge in [0.05, 0.1) is 0 Å². The van der Waals surface area contributed by atoms with Gasteiger partial charge in [-0.1, -0.05) is 36.4 Å². The molecule has 0 bridgehead atoms. The van der Waals surface area contributed by atoms with E-state index in [-0.39, 0.29) is 5.82 Å². The predicted octanol–water partition coefficient (Wildman–Crippen LogP) is 3.79. The number of hydrogen-bond donors (Lipinski definition) is 0. The summed E-state index contributed by atoms with van der Waals surface area (Å²) in [7, 11) is 0. The average molecular weight is 298 g/mol. The SMILES string of the molecule is C=Cc1nnc(C(F)(F)F)n1/C=C/Br.CC. The van der Waals surface area contributed by atoms with Crippen molar-refractivity contribution in [1.82, 2.24) is 14.8 Å². The van der Waals surface area contributed by atoms with E-state index in [1.54, 1.807) is 0 Å². The molecular formula is C9H11BrF3N3. The number of rotatable bonds is 2. The first-order chi connectivity index (χ1) is 7.50. The molecule has 1 rings (SSSR count). The van der Waals surface area contributed by atoms with Crippen molar-refractivity contribution in [3.05, 3.63) is 23.2 Å². The number of halogens is 4. The van der Waals surface area contributed by atoms with Crippen LogP contribution in [0.15, 0.2) is 11.6 Å². The minimum Gasteiger partial charge on any atom is -0.278 e. The molecule has 0 fully saturated rings. The van der Waals surface area contributed by atoms with Gasteiger partial charge in [-0.3, -0.25) is 4.57 Å². The van der Waals surface area contributed by atoms with Crippen LogP contribution in [0.1, 0.15) is 25.5 Å². The van der Waals surface area contributed by atoms with Crippen LogP contribution in [0.5, 0.6) is 0 Å². The van der Waals surface area contributed by atoms with E-state index >= 15 is 0 Å². The largest absolute Gasteiger partial charge is 0.452 e. The lowest BCUT2D eigenvalue weighted by Crippen LogP contribution is -2.12. The summed E-state index contributed by atoms with van der Waals surface area (Å²) in [6.45, 7) is 7.33. The molecular weight excluding hydrogens is 287 g/mol. The fourth-order valence-corrected chi connectivity index (χ4v) is 1.08. The van der Waals surface area contributed by atoms with Gasteiger partial charge >= 0.3 is 6.18 Å². The van der Waals surface area contributed by atoms with Gasteiger partial charge in [0, 0.05) is 6.20 Å². The lowest BCUT2D eigenvalue weighted by Gasteiger charge is -2.05. The van der Waals surface area contributed by atoms with Crippen LogP contribution in [-0.2, 0) is 6.18 Å². The topological polar surface area (TPSA) is 30.7 Å². The summed E-state index contributed by atoms with van der Waals surface area (Å²) in [4.78, 5) is 1.28. The zero-order chi connectivity index (χ0) is 12.8. The van der Waals surface area contributed by atoms with Gasteiger partial charge in [-0.15, -0.1) is 10.2 Å². The molecule has 90 valence electrons. The van der Waals surface area contributed by atoms with Crippen LogP contribution in [-0.4, -0.2) is 14.8 Å². The van der Waals surface area contributed by atoms with Crippen molar-refractivity contribution >= 4 is 28.2 Å². The van der Waals surface area contributed by atoms with E-state index in [1.807, 2.05) is 13.8 Å². The van der Waals surface area contributed by atoms with Gasteiger partial charge < -0.3 is 0 Å². The normalized spacial score (nSPS) is 11.1. The van der Waals surface area contributed by atoms with E-state index in [2.05, 4.69) is 32.7 Å². The van der Waals surface area contributed by atoms with Crippen molar-refractivity contribution in [2.75, 3.05) is 0 Å². The first-order valence-corrected chi connectivity index (χ1v) is 5.33. The Morgan fingerprint density at radius 1 is 1.31 bits per heavy atom. The molecule has 0 aliphatic carbocycles. The molecule has 0 aromatic carbocycles. The van der Waals surface area contributed by atoms with Gasteiger partial charge in [0.1, 0.15) is 0 Å². The van der Waals surface area contributed by atoms with Crippen molar-refractivity contribution in [2.45, 2.75) is 20.0 Å². The number of hydrogen-bond acceptors (Lipinski definition) is 2. The minimum absolute atomic E-state index is 0.0352. The van der Waals surface area contributed by atoms with Crippen LogP contribution in [0.2, 0.25) is 0 Å². The Bertz CT molecular complexity index is 369. The first-order valence-electron chi connectivity index (χ1n) is 4.42. The van der Waals surface area contributed by atoms with E-state index in [0.717, 1.165) is 10.8 Å². The molecule has 0 atom stereocenters. The number of alkyl halides is 3. The molecule has 0 spiro atoms. The second kappa shape index (κ2) is 6.47. The van der Waals surface area contributed by atoms with E-state index in [9.17, 15) is 13.2 Å². The van der Waals surface area contributed by atoms with Crippen LogP contribution in [0.25, 0.3) is 12.3 Å². The summed E-state index contributed by atoms with van der Waals surface area (Å²) in [5, 5.41) is 6.34. The summed E-state index contributed by atoms with van der Waals surface area (Å²) in [6.07, 6.45) is -2.18. The average Bonchev–Trinajstić information content (AvgIpc) is 2.64. The fraction of sp³-hybridized carbons (Fsp3) is 0.333. The van der Waals surface area contributed by atoms with E-state index in [0.29, 0.717) is 0 Å². The molecule has 0 saturated heterocycles. The van der Waals surface area contributed by atoms with Gasteiger partial charge in [0.25, 0.3) is 0 Å². The molecule has 0 amide bonds. The van der Waals surface area contributed by atoms with Gasteiger partial charge in [-0.25, -0.2) is 0 Å². The highest BCUT2D eigenvalue weighted by molar-refractivity contribution is 9.11. The lowest BCUT2D eigenvalue weighted by atomic mass is 10.5. The van der Waals surface area contributed by atoms with Crippen molar-refractivity contribution in [3.63, 3.8) is 0 Å². The van der Waals surface area contributed by atoms with Crippen LogP contribution in [0, 0.1) is 0 Å². The van der Waals surface area contributed by atoms with Crippen molar-refractivity contribution in [3.8, 4) is 0 Å². The summed E-state index contributed by atoms with van der Waals surface area (Å²) >= 11 is 2.88. The molecule has 7 heteroatoms. The van der Waals surface area contributed by atoms with E-state index in [1.165, 1.54) is 11.1 Å². The zero-order valence-electron chi connectivity index (χ0n) is 8.79. The molecule has 0 N–H and O–H groups in total. The van der Waals surface area contributed by atoms with Crippen LogP contribution in [0.4, 0.5) is 13.2 Å². The van der Waals surface area contributed by atoms with Crippen LogP contribution >= 0.6 is 15.9 Å². The van der Waals surface area contributed by atoms with Gasteiger partial charge in [0.2, 0.25) is 5.82 Å². The second-order valence-corrected chi connectivity index (χ2v) is 2.76. The lowest BCUT2D eigenvalue weighted by molar-refractivity contribution is -0.146. The molecule has 0 aliphatic rings. The second-order valence-electron chi connectivity index (χ2n) is 2.23. The molecule has 16 heavy (non-hydrogen) atoms. The summed E-state index contributed by atoms with van der Waals surface area (Å²) in [5.74, 6) is -1.05. The Hall–Kier alpha value is -1.11. The molecule has 0 saturated carbocycles. The summed E-state index contributed by atoms with van der Waals surface area (Å²) in [5.41, 5.74) is 0. The smallest absolute Gasteiger partial charge is 0.278 e. The maximum Gasteiger partial charge on any atom is 0.452 e. The quantitative estimate of drug-likeness (QED) is 0.831. The summed E-state index contributed by atoms with van der Waals surface area (Å²) < 4.78 is 37.7. The Labute approximate surface area is 99.8 Å². The maximum atomic E-state index is 12.3. The highest BCUT2D eigenvalue weighted by Crippen LogP contribution is 2.28. The molecule has 0 aliphatic heterocycles. The highest BCUT2D eigenvalue weighted by Gasteiger charge is 2.37. The fourth-order valence-electron chi connectivity index (χ4n) is 0.839. The third-order valence-corrected chi connectivity index (χ3v) is 1.60. The van der Waals surface area contributed by atoms with Gasteiger partial charge in [-0.05, 0) is 11.1 Å². The minimum atomic E-state index is -4.53. The Morgan fingerprint density at radius 2 is 1.88 bits per heavy atom. The van der Waals surface area contributed by atoms with Crippen molar-refractivity contribution in [1.29, 1.82) is 0 Å². The third kappa shape index (κ3) is 3.48. The van der Waals surface area contributed by atoms with E-state index < -0.39 is 12.0 Å². The highest BCUT2D eigenvalue weighted by atomic mass is 79.9. The molecule has 3 nitrogen and oxygen atoms in total. The number of nitrogens with zero attached hydrogens (tertiary/aromatic N) is 3. The molecule has 1 aromatic rings. The van der Waals surface area contributed by atoms with Crippen molar-refractivity contribution in [2.24, 2.45) is 0 Å². The zero-order valence-corrected chi connectivity index (χ0v) is 10.4.